The van der Waals surface area contributed by atoms with E-state index in [4.69, 9.17) is 4.74 Å². The number of halogens is 1. The first kappa shape index (κ1) is 17.4. The van der Waals surface area contributed by atoms with Gasteiger partial charge < -0.3 is 10.1 Å². The maximum atomic E-state index is 11.5. The van der Waals surface area contributed by atoms with Crippen LogP contribution in [0.4, 0.5) is 0 Å². The van der Waals surface area contributed by atoms with E-state index >= 15 is 0 Å². The Bertz CT molecular complexity index is 514. The lowest BCUT2D eigenvalue weighted by atomic mass is 10.2. The summed E-state index contributed by atoms with van der Waals surface area (Å²) in [5.74, 6) is -0.817. The summed E-state index contributed by atoms with van der Waals surface area (Å²) >= 11 is 3.38. The Hall–Kier alpha value is -1.62. The molecule has 0 unspecified atom stereocenters. The topological polar surface area (TPSA) is 55.4 Å². The van der Waals surface area contributed by atoms with Crippen LogP contribution in [-0.4, -0.2) is 24.5 Å². The SMILES string of the molecule is CCC[C@@H](C)NC(=O)COC(=O)/C=C/c1ccccc1Br. The van der Waals surface area contributed by atoms with E-state index in [0.717, 1.165) is 22.9 Å². The van der Waals surface area contributed by atoms with E-state index in [9.17, 15) is 9.59 Å². The molecular weight excluding hydrogens is 334 g/mol. The van der Waals surface area contributed by atoms with Gasteiger partial charge in [-0.3, -0.25) is 4.79 Å². The molecule has 1 aromatic rings. The molecule has 1 N–H and O–H groups in total. The van der Waals surface area contributed by atoms with Crippen LogP contribution in [0.15, 0.2) is 34.8 Å². The number of hydrogen-bond acceptors (Lipinski definition) is 3. The lowest BCUT2D eigenvalue weighted by Crippen LogP contribution is -2.35. The van der Waals surface area contributed by atoms with Crippen LogP contribution in [0.3, 0.4) is 0 Å². The van der Waals surface area contributed by atoms with Gasteiger partial charge in [0.15, 0.2) is 6.61 Å². The van der Waals surface area contributed by atoms with Gasteiger partial charge in [-0.2, -0.15) is 0 Å². The van der Waals surface area contributed by atoms with Crippen molar-refractivity contribution in [2.45, 2.75) is 32.7 Å². The van der Waals surface area contributed by atoms with Gasteiger partial charge in [-0.25, -0.2) is 4.79 Å². The van der Waals surface area contributed by atoms with Crippen LogP contribution >= 0.6 is 15.9 Å². The molecule has 0 saturated carbocycles. The van der Waals surface area contributed by atoms with E-state index in [1.54, 1.807) is 6.08 Å². The first-order valence-electron chi connectivity index (χ1n) is 6.91. The van der Waals surface area contributed by atoms with Crippen LogP contribution in [0, 0.1) is 0 Å². The van der Waals surface area contributed by atoms with Crippen LogP contribution in [0.5, 0.6) is 0 Å². The van der Waals surface area contributed by atoms with E-state index < -0.39 is 5.97 Å². The number of carbonyl (C=O) groups excluding carboxylic acids is 2. The summed E-state index contributed by atoms with van der Waals surface area (Å²) < 4.78 is 5.78. The van der Waals surface area contributed by atoms with Gasteiger partial charge in [0.1, 0.15) is 0 Å². The van der Waals surface area contributed by atoms with Crippen molar-refractivity contribution in [3.8, 4) is 0 Å². The van der Waals surface area contributed by atoms with Crippen molar-refractivity contribution in [3.05, 3.63) is 40.4 Å². The average Bonchev–Trinajstić information content (AvgIpc) is 2.44. The Morgan fingerprint density at radius 3 is 2.76 bits per heavy atom. The largest absolute Gasteiger partial charge is 0.452 e. The molecule has 0 aliphatic heterocycles. The second-order valence-corrected chi connectivity index (χ2v) is 5.57. The lowest BCUT2D eigenvalue weighted by molar-refractivity contribution is -0.144. The Kier molecular flexibility index (Phi) is 7.75. The predicted molar refractivity (Wildman–Crippen MR) is 86.6 cm³/mol. The van der Waals surface area contributed by atoms with Crippen molar-refractivity contribution in [3.63, 3.8) is 0 Å². The van der Waals surface area contributed by atoms with Crippen molar-refractivity contribution >= 4 is 33.9 Å². The zero-order valence-electron chi connectivity index (χ0n) is 12.3. The Balaban J connectivity index is 2.37. The van der Waals surface area contributed by atoms with Crippen LogP contribution in [-0.2, 0) is 14.3 Å². The molecule has 114 valence electrons. The Labute approximate surface area is 133 Å². The molecule has 0 aliphatic rings. The summed E-state index contributed by atoms with van der Waals surface area (Å²) in [6, 6.07) is 7.61. The molecule has 0 aliphatic carbocycles. The van der Waals surface area contributed by atoms with E-state index in [1.165, 1.54) is 6.08 Å². The molecule has 21 heavy (non-hydrogen) atoms. The van der Waals surface area contributed by atoms with E-state index in [0.29, 0.717) is 0 Å². The average molecular weight is 354 g/mol. The lowest BCUT2D eigenvalue weighted by Gasteiger charge is -2.12. The zero-order chi connectivity index (χ0) is 15.7. The number of ether oxygens (including phenoxy) is 1. The quantitative estimate of drug-likeness (QED) is 0.604. The summed E-state index contributed by atoms with van der Waals surface area (Å²) in [6.45, 7) is 3.72. The molecule has 0 bridgehead atoms. The molecule has 0 saturated heterocycles. The van der Waals surface area contributed by atoms with E-state index in [-0.39, 0.29) is 18.6 Å². The van der Waals surface area contributed by atoms with E-state index in [1.807, 2.05) is 31.2 Å². The van der Waals surface area contributed by atoms with Crippen molar-refractivity contribution in [1.82, 2.24) is 5.32 Å². The summed E-state index contributed by atoms with van der Waals surface area (Å²) in [5, 5.41) is 2.77. The molecule has 0 heterocycles. The van der Waals surface area contributed by atoms with Crippen molar-refractivity contribution in [2.75, 3.05) is 6.61 Å². The molecule has 1 aromatic carbocycles. The third-order valence-corrected chi connectivity index (χ3v) is 3.50. The van der Waals surface area contributed by atoms with E-state index in [2.05, 4.69) is 28.2 Å². The van der Waals surface area contributed by atoms with Crippen molar-refractivity contribution in [1.29, 1.82) is 0 Å². The summed E-state index contributed by atoms with van der Waals surface area (Å²) in [4.78, 5) is 23.1. The van der Waals surface area contributed by atoms with Gasteiger partial charge >= 0.3 is 5.97 Å². The third kappa shape index (κ3) is 7.09. The fourth-order valence-electron chi connectivity index (χ4n) is 1.77. The number of rotatable bonds is 7. The highest BCUT2D eigenvalue weighted by atomic mass is 79.9. The summed E-state index contributed by atoms with van der Waals surface area (Å²) in [5.41, 5.74) is 0.871. The van der Waals surface area contributed by atoms with Gasteiger partial charge in [0.25, 0.3) is 5.91 Å². The Morgan fingerprint density at radius 1 is 1.38 bits per heavy atom. The fourth-order valence-corrected chi connectivity index (χ4v) is 2.19. The van der Waals surface area contributed by atoms with Crippen molar-refractivity contribution < 1.29 is 14.3 Å². The zero-order valence-corrected chi connectivity index (χ0v) is 13.9. The number of nitrogens with one attached hydrogen (secondary N) is 1. The minimum atomic E-state index is -0.538. The maximum Gasteiger partial charge on any atom is 0.331 e. The molecule has 1 rings (SSSR count). The summed E-state index contributed by atoms with van der Waals surface area (Å²) in [6.07, 6.45) is 4.85. The molecular formula is C16H20BrNO3. The second kappa shape index (κ2) is 9.34. The standard InChI is InChI=1S/C16H20BrNO3/c1-3-6-12(2)18-15(19)11-21-16(20)10-9-13-7-4-5-8-14(13)17/h4-5,7-10,12H,3,6,11H2,1-2H3,(H,18,19)/b10-9+/t12-/m1/s1. The highest BCUT2D eigenvalue weighted by Crippen LogP contribution is 2.17. The molecule has 1 amide bonds. The first-order chi connectivity index (χ1) is 10.0. The molecule has 0 radical (unpaired) electrons. The van der Waals surface area contributed by atoms with Gasteiger partial charge in [-0.05, 0) is 31.1 Å². The maximum absolute atomic E-state index is 11.5. The molecule has 5 heteroatoms. The molecule has 1 atom stereocenters. The van der Waals surface area contributed by atoms with Gasteiger partial charge in [0.05, 0.1) is 0 Å². The van der Waals surface area contributed by atoms with Crippen LogP contribution in [0.25, 0.3) is 6.08 Å². The predicted octanol–water partition coefficient (Wildman–Crippen LogP) is 3.31. The number of benzene rings is 1. The minimum Gasteiger partial charge on any atom is -0.452 e. The van der Waals surface area contributed by atoms with Gasteiger partial charge in [0.2, 0.25) is 0 Å². The second-order valence-electron chi connectivity index (χ2n) is 4.72. The molecule has 0 aromatic heterocycles. The number of carbonyl (C=O) groups is 2. The molecule has 0 fully saturated rings. The van der Waals surface area contributed by atoms with Gasteiger partial charge in [-0.1, -0.05) is 47.5 Å². The van der Waals surface area contributed by atoms with Crippen LogP contribution in [0.2, 0.25) is 0 Å². The Morgan fingerprint density at radius 2 is 2.10 bits per heavy atom. The van der Waals surface area contributed by atoms with Gasteiger partial charge in [0, 0.05) is 16.6 Å². The first-order valence-corrected chi connectivity index (χ1v) is 7.71. The number of hydrogen-bond donors (Lipinski definition) is 1. The number of amides is 1. The highest BCUT2D eigenvalue weighted by molar-refractivity contribution is 9.10. The number of esters is 1. The molecule has 4 nitrogen and oxygen atoms in total. The monoisotopic (exact) mass is 353 g/mol. The highest BCUT2D eigenvalue weighted by Gasteiger charge is 2.08. The van der Waals surface area contributed by atoms with Crippen molar-refractivity contribution in [2.24, 2.45) is 0 Å². The summed E-state index contributed by atoms with van der Waals surface area (Å²) in [7, 11) is 0. The van der Waals surface area contributed by atoms with Crippen LogP contribution < -0.4 is 5.32 Å². The third-order valence-electron chi connectivity index (χ3n) is 2.78. The normalized spacial score (nSPS) is 12.1. The molecule has 0 spiro atoms. The van der Waals surface area contributed by atoms with Crippen LogP contribution in [0.1, 0.15) is 32.3 Å². The minimum absolute atomic E-state index is 0.0945. The fraction of sp³-hybridized carbons (Fsp3) is 0.375. The van der Waals surface area contributed by atoms with Gasteiger partial charge in [-0.15, -0.1) is 0 Å². The smallest absolute Gasteiger partial charge is 0.331 e.